The van der Waals surface area contributed by atoms with Gasteiger partial charge in [0.15, 0.2) is 6.29 Å². The number of hydrogen-bond acceptors (Lipinski definition) is 10. The number of nitrogens with one attached hydrogen (secondary N) is 1. The van der Waals surface area contributed by atoms with Crippen molar-refractivity contribution >= 4 is 23.5 Å². The Bertz CT molecular complexity index is 1130. The van der Waals surface area contributed by atoms with E-state index in [1.54, 1.807) is 43.1 Å². The third kappa shape index (κ3) is 8.76. The molecule has 0 radical (unpaired) electrons. The van der Waals surface area contributed by atoms with Crippen LogP contribution in [0.15, 0.2) is 24.3 Å². The molecule has 8 atom stereocenters. The Morgan fingerprint density at radius 1 is 1.07 bits per heavy atom. The van der Waals surface area contributed by atoms with E-state index in [2.05, 4.69) is 5.32 Å². The number of rotatable bonds is 5. The number of carbonyl (C=O) groups is 3. The summed E-state index contributed by atoms with van der Waals surface area (Å²) in [7, 11) is 5.44. The number of esters is 1. The van der Waals surface area contributed by atoms with E-state index in [9.17, 15) is 24.6 Å². The average molecular weight is 620 g/mol. The maximum atomic E-state index is 13.6. The molecule has 3 aliphatic heterocycles. The molecule has 44 heavy (non-hydrogen) atoms. The Morgan fingerprint density at radius 2 is 1.80 bits per heavy atom. The van der Waals surface area contributed by atoms with Crippen LogP contribution < -0.4 is 5.32 Å². The van der Waals surface area contributed by atoms with Gasteiger partial charge in [0.25, 0.3) is 5.91 Å². The second kappa shape index (κ2) is 15.6. The highest BCUT2D eigenvalue weighted by Gasteiger charge is 2.42. The lowest BCUT2D eigenvalue weighted by molar-refractivity contribution is -0.280. The van der Waals surface area contributed by atoms with Gasteiger partial charge in [-0.2, -0.15) is 0 Å². The molecule has 0 aliphatic carbocycles. The van der Waals surface area contributed by atoms with Gasteiger partial charge in [-0.25, -0.2) is 0 Å². The molecule has 246 valence electrons. The SMILES string of the molecule is C[C@@H]1C[C@H](N(C)C)[C@@H](O)[C@H](O[C@@H]2C[C@H](OC(=O)C3CCOCC3)[C@@H](C)C(=O)Nc3cccc(c3)C(=O)N(C)CCC[C@H]2O)O1. The minimum absolute atomic E-state index is 0.00683. The summed E-state index contributed by atoms with van der Waals surface area (Å²) in [6.07, 6.45) is -2.85. The van der Waals surface area contributed by atoms with Crippen LogP contribution in [0.2, 0.25) is 0 Å². The average Bonchev–Trinajstić information content (AvgIpc) is 3.00. The van der Waals surface area contributed by atoms with Gasteiger partial charge < -0.3 is 44.3 Å². The van der Waals surface area contributed by atoms with Gasteiger partial charge in [0, 0.05) is 50.5 Å². The molecule has 3 N–H and O–H groups in total. The van der Waals surface area contributed by atoms with Crippen LogP contribution in [0.5, 0.6) is 0 Å². The van der Waals surface area contributed by atoms with E-state index in [1.165, 1.54) is 0 Å². The maximum Gasteiger partial charge on any atom is 0.309 e. The molecule has 2 bridgehead atoms. The van der Waals surface area contributed by atoms with E-state index in [1.807, 2.05) is 25.9 Å². The fourth-order valence-corrected chi connectivity index (χ4v) is 6.09. The number of nitrogens with zero attached hydrogens (tertiary/aromatic N) is 2. The van der Waals surface area contributed by atoms with Crippen molar-refractivity contribution in [1.82, 2.24) is 9.80 Å². The van der Waals surface area contributed by atoms with Gasteiger partial charge in [-0.15, -0.1) is 0 Å². The summed E-state index contributed by atoms with van der Waals surface area (Å²) in [5.74, 6) is -2.24. The molecule has 2 fully saturated rings. The molecule has 1 aromatic rings. The molecule has 2 amide bonds. The first-order valence-corrected chi connectivity index (χ1v) is 15.7. The standard InChI is InChI=1S/C32H49N3O9/c1-19-16-24(34(3)4)28(37)32(42-19)44-27-18-26(43-31(40)21-11-14-41-15-12-21)20(2)29(38)33-23-9-6-8-22(17-23)30(39)35(5)13-7-10-25(27)36/h6,8-9,17,19-21,24-28,32,36-37H,7,10-16,18H2,1-5H3,(H,33,38)/t19-,20-,24+,25-,26+,27-,28-,32+/m1/s1. The molecule has 3 heterocycles. The van der Waals surface area contributed by atoms with Gasteiger partial charge in [-0.05, 0) is 71.3 Å². The van der Waals surface area contributed by atoms with E-state index in [-0.39, 0.29) is 36.8 Å². The molecule has 12 nitrogen and oxygen atoms in total. The molecule has 0 saturated carbocycles. The minimum atomic E-state index is -1.06. The summed E-state index contributed by atoms with van der Waals surface area (Å²) in [5, 5.41) is 25.5. The molecule has 2 saturated heterocycles. The lowest BCUT2D eigenvalue weighted by atomic mass is 9.93. The zero-order valence-electron chi connectivity index (χ0n) is 26.5. The van der Waals surface area contributed by atoms with Crippen LogP contribution in [-0.2, 0) is 28.5 Å². The molecule has 4 rings (SSSR count). The predicted octanol–water partition coefficient (Wildman–Crippen LogP) is 2.03. The lowest BCUT2D eigenvalue weighted by Crippen LogP contribution is -2.56. The number of hydrogen-bond donors (Lipinski definition) is 3. The fraction of sp³-hybridized carbons (Fsp3) is 0.719. The summed E-state index contributed by atoms with van der Waals surface area (Å²) >= 11 is 0. The zero-order chi connectivity index (χ0) is 32.0. The highest BCUT2D eigenvalue weighted by atomic mass is 16.7. The quantitative estimate of drug-likeness (QED) is 0.419. The van der Waals surface area contributed by atoms with Crippen molar-refractivity contribution in [3.05, 3.63) is 29.8 Å². The first kappa shape index (κ1) is 34.3. The fourth-order valence-electron chi connectivity index (χ4n) is 6.09. The summed E-state index contributed by atoms with van der Waals surface area (Å²) in [6, 6.07) is 6.47. The van der Waals surface area contributed by atoms with E-state index in [0.717, 1.165) is 0 Å². The van der Waals surface area contributed by atoms with Crippen LogP contribution >= 0.6 is 0 Å². The summed E-state index contributed by atoms with van der Waals surface area (Å²) in [5.41, 5.74) is 0.867. The van der Waals surface area contributed by atoms with Crippen molar-refractivity contribution in [2.75, 3.05) is 46.2 Å². The first-order valence-electron chi connectivity index (χ1n) is 15.7. The smallest absolute Gasteiger partial charge is 0.309 e. The topological polar surface area (TPSA) is 147 Å². The van der Waals surface area contributed by atoms with Gasteiger partial charge in [-0.1, -0.05) is 13.0 Å². The first-order chi connectivity index (χ1) is 20.9. The number of likely N-dealkylation sites (N-methyl/N-ethyl adjacent to an activating group) is 1. The van der Waals surface area contributed by atoms with Crippen molar-refractivity contribution in [1.29, 1.82) is 0 Å². The van der Waals surface area contributed by atoms with E-state index >= 15 is 0 Å². The van der Waals surface area contributed by atoms with Gasteiger partial charge in [0.05, 0.1) is 30.1 Å². The number of amides is 2. The number of aliphatic hydroxyl groups is 2. The Balaban J connectivity index is 1.64. The van der Waals surface area contributed by atoms with Crippen molar-refractivity contribution in [3.8, 4) is 0 Å². The molecule has 3 aliphatic rings. The third-order valence-electron chi connectivity index (χ3n) is 8.99. The van der Waals surface area contributed by atoms with E-state index < -0.39 is 48.5 Å². The number of anilines is 1. The molecular formula is C32H49N3O9. The molecule has 0 aromatic heterocycles. The number of benzene rings is 1. The highest BCUT2D eigenvalue weighted by Crippen LogP contribution is 2.30. The summed E-state index contributed by atoms with van der Waals surface area (Å²) in [4.78, 5) is 43.5. The molecule has 1 aromatic carbocycles. The van der Waals surface area contributed by atoms with Crippen LogP contribution in [0.25, 0.3) is 0 Å². The third-order valence-corrected chi connectivity index (χ3v) is 8.99. The number of fused-ring (bicyclic) bond motifs is 2. The van der Waals surface area contributed by atoms with Gasteiger partial charge in [0.1, 0.15) is 12.2 Å². The van der Waals surface area contributed by atoms with E-state index in [0.29, 0.717) is 56.7 Å². The van der Waals surface area contributed by atoms with Gasteiger partial charge >= 0.3 is 5.97 Å². The molecule has 0 spiro atoms. The maximum absolute atomic E-state index is 13.6. The van der Waals surface area contributed by atoms with E-state index in [4.69, 9.17) is 18.9 Å². The molecule has 12 heteroatoms. The second-order valence-corrected chi connectivity index (χ2v) is 12.6. The normalized spacial score (nSPS) is 33.3. The number of ether oxygens (including phenoxy) is 4. The van der Waals surface area contributed by atoms with Crippen LogP contribution in [0.1, 0.15) is 62.7 Å². The summed E-state index contributed by atoms with van der Waals surface area (Å²) < 4.78 is 23.8. The van der Waals surface area contributed by atoms with Gasteiger partial charge in [-0.3, -0.25) is 14.4 Å². The largest absolute Gasteiger partial charge is 0.461 e. The van der Waals surface area contributed by atoms with Crippen molar-refractivity contribution in [2.45, 2.75) is 95.2 Å². The summed E-state index contributed by atoms with van der Waals surface area (Å²) in [6.45, 7) is 4.85. The number of aliphatic hydroxyl groups excluding tert-OH is 2. The Hall–Kier alpha value is -2.61. The zero-order valence-corrected chi connectivity index (χ0v) is 26.5. The Labute approximate surface area is 259 Å². The van der Waals surface area contributed by atoms with Gasteiger partial charge in [0.2, 0.25) is 5.91 Å². The molecular weight excluding hydrogens is 570 g/mol. The number of carbonyl (C=O) groups excluding carboxylic acids is 3. The van der Waals surface area contributed by atoms with Crippen LogP contribution in [0.4, 0.5) is 5.69 Å². The molecule has 0 unspecified atom stereocenters. The highest BCUT2D eigenvalue weighted by molar-refractivity contribution is 5.97. The second-order valence-electron chi connectivity index (χ2n) is 12.6. The Kier molecular flexibility index (Phi) is 12.1. The van der Waals surface area contributed by atoms with Crippen LogP contribution in [-0.4, -0.2) is 122 Å². The van der Waals surface area contributed by atoms with Crippen molar-refractivity contribution in [2.24, 2.45) is 11.8 Å². The monoisotopic (exact) mass is 619 g/mol. The van der Waals surface area contributed by atoms with Crippen LogP contribution in [0.3, 0.4) is 0 Å². The Morgan fingerprint density at radius 3 is 2.50 bits per heavy atom. The minimum Gasteiger partial charge on any atom is -0.461 e. The van der Waals surface area contributed by atoms with Crippen molar-refractivity contribution in [3.63, 3.8) is 0 Å². The lowest BCUT2D eigenvalue weighted by Gasteiger charge is -2.43. The predicted molar refractivity (Wildman–Crippen MR) is 162 cm³/mol. The van der Waals surface area contributed by atoms with Crippen molar-refractivity contribution < 1.29 is 43.5 Å². The van der Waals surface area contributed by atoms with Crippen LogP contribution in [0, 0.1) is 11.8 Å².